The number of allylic oxidation sites excluding steroid dienone is 4. The molecule has 0 radical (unpaired) electrons. The molecule has 2 saturated heterocycles. The van der Waals surface area contributed by atoms with Crippen LogP contribution in [0.1, 0.15) is 39.5 Å². The summed E-state index contributed by atoms with van der Waals surface area (Å²) in [7, 11) is -3.37. The third-order valence-electron chi connectivity index (χ3n) is 5.08. The van der Waals surface area contributed by atoms with E-state index in [0.29, 0.717) is 24.0 Å². The zero-order valence-corrected chi connectivity index (χ0v) is 15.3. The summed E-state index contributed by atoms with van der Waals surface area (Å²) >= 11 is 0. The van der Waals surface area contributed by atoms with E-state index in [-0.39, 0.29) is 0 Å². The molecular weight excluding hydrogens is 308 g/mol. The number of nitrogens with zero attached hydrogens (tertiary/aromatic N) is 2. The second-order valence-electron chi connectivity index (χ2n) is 6.64. The highest BCUT2D eigenvalue weighted by Gasteiger charge is 2.32. The standard InChI is InChI=1S/C18H30N2O2S/c1-4-6-7-18(5-2)23(21,22)20-14-10-17(11-15-20)19-12-8-16(3)9-13-19/h4-7,16-17H,1,8-15H2,2-3H3/b7-6-,18-5+. The molecule has 23 heavy (non-hydrogen) atoms. The minimum Gasteiger partial charge on any atom is -0.300 e. The molecule has 0 aromatic rings. The molecule has 0 amide bonds. The average molecular weight is 339 g/mol. The Morgan fingerprint density at radius 3 is 2.22 bits per heavy atom. The lowest BCUT2D eigenvalue weighted by molar-refractivity contribution is 0.101. The van der Waals surface area contributed by atoms with Gasteiger partial charge in [0.05, 0.1) is 4.91 Å². The van der Waals surface area contributed by atoms with Crippen LogP contribution in [-0.4, -0.2) is 49.8 Å². The van der Waals surface area contributed by atoms with Crippen molar-refractivity contribution in [3.05, 3.63) is 35.8 Å². The average Bonchev–Trinajstić information content (AvgIpc) is 2.56. The summed E-state index contributed by atoms with van der Waals surface area (Å²) in [5, 5.41) is 0. The van der Waals surface area contributed by atoms with Crippen LogP contribution in [-0.2, 0) is 10.0 Å². The third-order valence-corrected chi connectivity index (χ3v) is 7.09. The monoisotopic (exact) mass is 338 g/mol. The van der Waals surface area contributed by atoms with E-state index in [1.807, 2.05) is 0 Å². The Labute approximate surface area is 141 Å². The topological polar surface area (TPSA) is 40.6 Å². The predicted molar refractivity (Wildman–Crippen MR) is 96.6 cm³/mol. The molecule has 0 aromatic carbocycles. The second-order valence-corrected chi connectivity index (χ2v) is 8.58. The fourth-order valence-corrected chi connectivity index (χ4v) is 5.02. The Balaban J connectivity index is 1.95. The maximum absolute atomic E-state index is 12.7. The molecule has 5 heteroatoms. The number of likely N-dealkylation sites (tertiary alicyclic amines) is 1. The molecule has 0 bridgehead atoms. The van der Waals surface area contributed by atoms with Crippen LogP contribution in [0.15, 0.2) is 35.8 Å². The second kappa shape index (κ2) is 8.27. The Morgan fingerprint density at radius 2 is 1.70 bits per heavy atom. The lowest BCUT2D eigenvalue weighted by Crippen LogP contribution is -2.48. The van der Waals surface area contributed by atoms with Crippen LogP contribution < -0.4 is 0 Å². The summed E-state index contributed by atoms with van der Waals surface area (Å²) in [6, 6.07) is 0.548. The van der Waals surface area contributed by atoms with Crippen molar-refractivity contribution < 1.29 is 8.42 Å². The van der Waals surface area contributed by atoms with Gasteiger partial charge in [-0.2, -0.15) is 4.31 Å². The summed E-state index contributed by atoms with van der Waals surface area (Å²) in [4.78, 5) is 2.93. The van der Waals surface area contributed by atoms with Crippen molar-refractivity contribution >= 4 is 10.0 Å². The molecule has 0 spiro atoms. The molecule has 2 heterocycles. The molecule has 130 valence electrons. The largest absolute Gasteiger partial charge is 0.300 e. The van der Waals surface area contributed by atoms with E-state index in [1.165, 1.54) is 25.9 Å². The fourth-order valence-electron chi connectivity index (χ4n) is 3.48. The number of piperidine rings is 2. The minimum absolute atomic E-state index is 0.364. The first kappa shape index (κ1) is 18.4. The molecule has 2 rings (SSSR count). The van der Waals surface area contributed by atoms with Gasteiger partial charge in [-0.1, -0.05) is 31.7 Å². The number of rotatable bonds is 5. The van der Waals surface area contributed by atoms with Gasteiger partial charge in [0.2, 0.25) is 10.0 Å². The van der Waals surface area contributed by atoms with Crippen LogP contribution in [0.3, 0.4) is 0 Å². The van der Waals surface area contributed by atoms with Crippen LogP contribution in [0.25, 0.3) is 0 Å². The zero-order chi connectivity index (χ0) is 16.9. The number of hydrogen-bond donors (Lipinski definition) is 0. The van der Waals surface area contributed by atoms with Gasteiger partial charge in [0.15, 0.2) is 0 Å². The van der Waals surface area contributed by atoms with Crippen LogP contribution in [0.4, 0.5) is 0 Å². The van der Waals surface area contributed by atoms with Crippen molar-refractivity contribution in [1.82, 2.24) is 9.21 Å². The summed E-state index contributed by atoms with van der Waals surface area (Å²) in [5.41, 5.74) is 0. The molecule has 0 unspecified atom stereocenters. The third kappa shape index (κ3) is 4.55. The summed E-state index contributed by atoms with van der Waals surface area (Å²) in [6.45, 7) is 11.3. The first-order chi connectivity index (χ1) is 11.0. The van der Waals surface area contributed by atoms with Crippen molar-refractivity contribution in [2.24, 2.45) is 5.92 Å². The normalized spacial score (nSPS) is 24.3. The Kier molecular flexibility index (Phi) is 6.62. The zero-order valence-electron chi connectivity index (χ0n) is 14.4. The van der Waals surface area contributed by atoms with Gasteiger partial charge in [-0.25, -0.2) is 8.42 Å². The van der Waals surface area contributed by atoms with Gasteiger partial charge in [0.1, 0.15) is 0 Å². The quantitative estimate of drug-likeness (QED) is 0.723. The van der Waals surface area contributed by atoms with Gasteiger partial charge < -0.3 is 4.90 Å². The van der Waals surface area contributed by atoms with Crippen LogP contribution in [0.2, 0.25) is 0 Å². The van der Waals surface area contributed by atoms with Gasteiger partial charge in [-0.3, -0.25) is 0 Å². The van der Waals surface area contributed by atoms with E-state index in [1.54, 1.807) is 35.5 Å². The fraction of sp³-hybridized carbons (Fsp3) is 0.667. The molecule has 0 saturated carbocycles. The summed E-state index contributed by atoms with van der Waals surface area (Å²) < 4.78 is 27.1. The Bertz CT molecular complexity index is 550. The van der Waals surface area contributed by atoms with Crippen molar-refractivity contribution in [2.45, 2.75) is 45.6 Å². The molecule has 0 aromatic heterocycles. The highest BCUT2D eigenvalue weighted by atomic mass is 32.2. The lowest BCUT2D eigenvalue weighted by Gasteiger charge is -2.41. The Morgan fingerprint density at radius 1 is 1.09 bits per heavy atom. The summed E-state index contributed by atoms with van der Waals surface area (Å²) in [5.74, 6) is 0.834. The van der Waals surface area contributed by atoms with Crippen molar-refractivity contribution in [1.29, 1.82) is 0 Å². The van der Waals surface area contributed by atoms with Crippen molar-refractivity contribution in [2.75, 3.05) is 26.2 Å². The van der Waals surface area contributed by atoms with E-state index in [9.17, 15) is 8.42 Å². The molecule has 0 N–H and O–H groups in total. The molecule has 2 aliphatic heterocycles. The molecule has 0 atom stereocenters. The predicted octanol–water partition coefficient (Wildman–Crippen LogP) is 3.16. The maximum atomic E-state index is 12.7. The Hall–Kier alpha value is -0.910. The van der Waals surface area contributed by atoms with E-state index in [2.05, 4.69) is 18.4 Å². The number of sulfonamides is 1. The van der Waals surface area contributed by atoms with Gasteiger partial charge in [-0.05, 0) is 57.7 Å². The molecule has 2 fully saturated rings. The van der Waals surface area contributed by atoms with Gasteiger partial charge in [-0.15, -0.1) is 0 Å². The van der Waals surface area contributed by atoms with Crippen LogP contribution >= 0.6 is 0 Å². The first-order valence-corrected chi connectivity index (χ1v) is 10.1. The maximum Gasteiger partial charge on any atom is 0.242 e. The summed E-state index contributed by atoms with van der Waals surface area (Å²) in [6.07, 6.45) is 11.0. The van der Waals surface area contributed by atoms with Gasteiger partial charge in [0.25, 0.3) is 0 Å². The van der Waals surface area contributed by atoms with Gasteiger partial charge in [0, 0.05) is 19.1 Å². The minimum atomic E-state index is -3.37. The molecule has 4 nitrogen and oxygen atoms in total. The molecular formula is C18H30N2O2S. The molecule has 2 aliphatic rings. The lowest BCUT2D eigenvalue weighted by atomic mass is 9.95. The van der Waals surface area contributed by atoms with Crippen LogP contribution in [0.5, 0.6) is 0 Å². The smallest absolute Gasteiger partial charge is 0.242 e. The van der Waals surface area contributed by atoms with E-state index in [4.69, 9.17) is 0 Å². The highest BCUT2D eigenvalue weighted by molar-refractivity contribution is 7.93. The van der Waals surface area contributed by atoms with Crippen LogP contribution in [0, 0.1) is 5.92 Å². The molecule has 0 aliphatic carbocycles. The highest BCUT2D eigenvalue weighted by Crippen LogP contribution is 2.26. The first-order valence-electron chi connectivity index (χ1n) is 8.68. The van der Waals surface area contributed by atoms with Crippen molar-refractivity contribution in [3.8, 4) is 0 Å². The SMILES string of the molecule is C=C/C=C\C(=C/C)S(=O)(=O)N1CCC(N2CCC(C)CC2)CC1. The van der Waals surface area contributed by atoms with Gasteiger partial charge >= 0.3 is 0 Å². The van der Waals surface area contributed by atoms with E-state index >= 15 is 0 Å². The number of hydrogen-bond acceptors (Lipinski definition) is 3. The van der Waals surface area contributed by atoms with E-state index in [0.717, 1.165) is 18.8 Å². The van der Waals surface area contributed by atoms with Crippen molar-refractivity contribution in [3.63, 3.8) is 0 Å². The van der Waals surface area contributed by atoms with E-state index < -0.39 is 10.0 Å².